The lowest BCUT2D eigenvalue weighted by atomic mass is 9.86. The average Bonchev–Trinajstić information content (AvgIpc) is 2.40. The number of halogens is 1. The van der Waals surface area contributed by atoms with Crippen LogP contribution in [0.25, 0.3) is 0 Å². The second-order valence-electron chi connectivity index (χ2n) is 4.72. The summed E-state index contributed by atoms with van der Waals surface area (Å²) in [6.45, 7) is 0. The van der Waals surface area contributed by atoms with Gasteiger partial charge in [-0.05, 0) is 53.7 Å². The van der Waals surface area contributed by atoms with Crippen molar-refractivity contribution in [2.75, 3.05) is 0 Å². The number of nitrogens with zero attached hydrogens (tertiary/aromatic N) is 1. The minimum atomic E-state index is -0.737. The monoisotopic (exact) mass is 326 g/mol. The molecule has 0 aromatic carbocycles. The molecule has 1 amide bonds. The van der Waals surface area contributed by atoms with E-state index in [9.17, 15) is 9.59 Å². The van der Waals surface area contributed by atoms with Gasteiger partial charge in [-0.1, -0.05) is 0 Å². The maximum Gasteiger partial charge on any atom is 0.306 e. The summed E-state index contributed by atoms with van der Waals surface area (Å²) in [4.78, 5) is 26.8. The first-order valence-corrected chi connectivity index (χ1v) is 7.01. The van der Waals surface area contributed by atoms with Crippen LogP contribution in [-0.4, -0.2) is 28.0 Å². The molecule has 102 valence electrons. The van der Waals surface area contributed by atoms with Gasteiger partial charge >= 0.3 is 5.97 Å². The topological polar surface area (TPSA) is 79.3 Å². The number of amides is 1. The van der Waals surface area contributed by atoms with Crippen LogP contribution < -0.4 is 5.32 Å². The number of carbonyl (C=O) groups excluding carboxylic acids is 1. The summed E-state index contributed by atoms with van der Waals surface area (Å²) in [5.41, 5.74) is 0.378. The highest BCUT2D eigenvalue weighted by Gasteiger charge is 2.26. The van der Waals surface area contributed by atoms with Gasteiger partial charge in [0.05, 0.1) is 5.92 Å². The number of pyridine rings is 1. The summed E-state index contributed by atoms with van der Waals surface area (Å²) in [5, 5.41) is 11.8. The molecule has 19 heavy (non-hydrogen) atoms. The van der Waals surface area contributed by atoms with Gasteiger partial charge in [0.15, 0.2) is 0 Å². The first kappa shape index (κ1) is 14.0. The van der Waals surface area contributed by atoms with E-state index in [-0.39, 0.29) is 17.9 Å². The number of carbonyl (C=O) groups is 2. The Morgan fingerprint density at radius 1 is 1.26 bits per heavy atom. The zero-order valence-corrected chi connectivity index (χ0v) is 11.9. The molecule has 1 fully saturated rings. The number of nitrogens with one attached hydrogen (secondary N) is 1. The van der Waals surface area contributed by atoms with Gasteiger partial charge in [0.2, 0.25) is 0 Å². The summed E-state index contributed by atoms with van der Waals surface area (Å²) >= 11 is 3.26. The third-order valence-electron chi connectivity index (χ3n) is 3.37. The van der Waals surface area contributed by atoms with Crippen LogP contribution in [0.5, 0.6) is 0 Å². The van der Waals surface area contributed by atoms with E-state index in [1.807, 2.05) is 0 Å². The molecule has 1 heterocycles. The van der Waals surface area contributed by atoms with Crippen molar-refractivity contribution in [3.8, 4) is 0 Å². The van der Waals surface area contributed by atoms with Gasteiger partial charge < -0.3 is 10.4 Å². The first-order valence-electron chi connectivity index (χ1n) is 6.21. The molecule has 0 unspecified atom stereocenters. The van der Waals surface area contributed by atoms with Crippen LogP contribution in [0.15, 0.2) is 22.8 Å². The number of rotatable bonds is 3. The van der Waals surface area contributed by atoms with E-state index in [1.165, 1.54) is 0 Å². The molecule has 1 aromatic heterocycles. The smallest absolute Gasteiger partial charge is 0.306 e. The lowest BCUT2D eigenvalue weighted by molar-refractivity contribution is -0.142. The maximum absolute atomic E-state index is 11.9. The third-order valence-corrected chi connectivity index (χ3v) is 3.84. The van der Waals surface area contributed by atoms with Gasteiger partial charge in [-0.15, -0.1) is 0 Å². The molecule has 2 rings (SSSR count). The molecular weight excluding hydrogens is 312 g/mol. The predicted octanol–water partition coefficient (Wildman–Crippen LogP) is 2.22. The van der Waals surface area contributed by atoms with Crippen molar-refractivity contribution in [2.45, 2.75) is 31.7 Å². The molecule has 5 nitrogen and oxygen atoms in total. The Hall–Kier alpha value is -1.43. The first-order chi connectivity index (χ1) is 9.06. The SMILES string of the molecule is O=C(NC1CCC(C(=O)O)CC1)c1ccc(Br)cn1. The van der Waals surface area contributed by atoms with Crippen molar-refractivity contribution in [2.24, 2.45) is 5.92 Å². The van der Waals surface area contributed by atoms with Crippen molar-refractivity contribution in [1.82, 2.24) is 10.3 Å². The Bertz CT molecular complexity index is 467. The predicted molar refractivity (Wildman–Crippen MR) is 72.8 cm³/mol. The molecule has 1 saturated carbocycles. The fourth-order valence-electron chi connectivity index (χ4n) is 2.25. The van der Waals surface area contributed by atoms with E-state index in [4.69, 9.17) is 5.11 Å². The molecule has 1 aliphatic carbocycles. The molecule has 0 spiro atoms. The minimum absolute atomic E-state index is 0.0496. The lowest BCUT2D eigenvalue weighted by Gasteiger charge is -2.26. The third kappa shape index (κ3) is 3.76. The van der Waals surface area contributed by atoms with E-state index in [2.05, 4.69) is 26.2 Å². The molecule has 0 bridgehead atoms. The summed E-state index contributed by atoms with van der Waals surface area (Å²) in [5.74, 6) is -1.20. The van der Waals surface area contributed by atoms with Crippen molar-refractivity contribution >= 4 is 27.8 Å². The molecule has 2 N–H and O–H groups in total. The van der Waals surface area contributed by atoms with Crippen LogP contribution in [0.4, 0.5) is 0 Å². The van der Waals surface area contributed by atoms with Gasteiger partial charge in [-0.2, -0.15) is 0 Å². The van der Waals surface area contributed by atoms with Crippen LogP contribution in [0.1, 0.15) is 36.2 Å². The van der Waals surface area contributed by atoms with E-state index in [0.717, 1.165) is 4.47 Å². The fraction of sp³-hybridized carbons (Fsp3) is 0.462. The quantitative estimate of drug-likeness (QED) is 0.892. The Morgan fingerprint density at radius 3 is 2.47 bits per heavy atom. The Kier molecular flexibility index (Phi) is 4.52. The van der Waals surface area contributed by atoms with Crippen LogP contribution >= 0.6 is 15.9 Å². The molecular formula is C13H15BrN2O3. The number of aliphatic carboxylic acids is 1. The van der Waals surface area contributed by atoms with Crippen molar-refractivity contribution in [3.63, 3.8) is 0 Å². The van der Waals surface area contributed by atoms with Crippen molar-refractivity contribution < 1.29 is 14.7 Å². The summed E-state index contributed by atoms with van der Waals surface area (Å²) in [6.07, 6.45) is 4.23. The second-order valence-corrected chi connectivity index (χ2v) is 5.64. The van der Waals surface area contributed by atoms with Gasteiger partial charge in [-0.3, -0.25) is 9.59 Å². The number of hydrogen-bond donors (Lipinski definition) is 2. The van der Waals surface area contributed by atoms with Gasteiger partial charge in [0, 0.05) is 16.7 Å². The highest BCUT2D eigenvalue weighted by atomic mass is 79.9. The lowest BCUT2D eigenvalue weighted by Crippen LogP contribution is -2.39. The van der Waals surface area contributed by atoms with E-state index in [1.54, 1.807) is 18.3 Å². The van der Waals surface area contributed by atoms with Crippen molar-refractivity contribution in [1.29, 1.82) is 0 Å². The molecule has 0 saturated heterocycles. The molecule has 0 radical (unpaired) electrons. The van der Waals surface area contributed by atoms with Crippen LogP contribution in [0, 0.1) is 5.92 Å². The second kappa shape index (κ2) is 6.14. The van der Waals surface area contributed by atoms with Crippen LogP contribution in [-0.2, 0) is 4.79 Å². The van der Waals surface area contributed by atoms with Crippen LogP contribution in [0.3, 0.4) is 0 Å². The number of carboxylic acid groups (broad SMARTS) is 1. The van der Waals surface area contributed by atoms with Crippen molar-refractivity contribution in [3.05, 3.63) is 28.5 Å². The maximum atomic E-state index is 11.9. The summed E-state index contributed by atoms with van der Waals surface area (Å²) < 4.78 is 0.825. The Morgan fingerprint density at radius 2 is 1.95 bits per heavy atom. The van der Waals surface area contributed by atoms with E-state index < -0.39 is 5.97 Å². The number of hydrogen-bond acceptors (Lipinski definition) is 3. The molecule has 1 aliphatic rings. The van der Waals surface area contributed by atoms with Gasteiger partial charge in [0.25, 0.3) is 5.91 Å². The number of carboxylic acids is 1. The average molecular weight is 327 g/mol. The van der Waals surface area contributed by atoms with Gasteiger partial charge in [0.1, 0.15) is 5.69 Å². The van der Waals surface area contributed by atoms with E-state index in [0.29, 0.717) is 31.4 Å². The zero-order chi connectivity index (χ0) is 13.8. The molecule has 0 aliphatic heterocycles. The van der Waals surface area contributed by atoms with Gasteiger partial charge in [-0.25, -0.2) is 4.98 Å². The highest BCUT2D eigenvalue weighted by molar-refractivity contribution is 9.10. The Labute approximate surface area is 119 Å². The standard InChI is InChI=1S/C13H15BrN2O3/c14-9-3-6-11(15-7-9)12(17)16-10-4-1-8(2-5-10)13(18)19/h3,6-8,10H,1-2,4-5H2,(H,16,17)(H,18,19). The largest absolute Gasteiger partial charge is 0.481 e. The number of aromatic nitrogens is 1. The van der Waals surface area contributed by atoms with E-state index >= 15 is 0 Å². The summed E-state index contributed by atoms with van der Waals surface area (Å²) in [6, 6.07) is 3.47. The Balaban J connectivity index is 1.87. The highest BCUT2D eigenvalue weighted by Crippen LogP contribution is 2.24. The van der Waals surface area contributed by atoms with Crippen LogP contribution in [0.2, 0.25) is 0 Å². The summed E-state index contributed by atoms with van der Waals surface area (Å²) in [7, 11) is 0. The molecule has 0 atom stereocenters. The fourth-order valence-corrected chi connectivity index (χ4v) is 2.49. The molecule has 6 heteroatoms. The minimum Gasteiger partial charge on any atom is -0.481 e. The molecule has 1 aromatic rings. The zero-order valence-electron chi connectivity index (χ0n) is 10.3. The normalized spacial score (nSPS) is 22.8.